The summed E-state index contributed by atoms with van der Waals surface area (Å²) < 4.78 is 5.11. The Hall–Kier alpha value is -1.60. The third-order valence-electron chi connectivity index (χ3n) is 1.56. The van der Waals surface area contributed by atoms with Crippen molar-refractivity contribution in [2.75, 3.05) is 0 Å². The number of hydrogen-bond acceptors (Lipinski definition) is 4. The standard InChI is InChI=1S/C11H11ClN2O2/c1-11(2,3)16-10(15)9-8(12)4-7(5-13)6-14-9/h4,6H,1-3H3. The summed E-state index contributed by atoms with van der Waals surface area (Å²) in [7, 11) is 0. The minimum Gasteiger partial charge on any atom is -0.455 e. The number of pyridine rings is 1. The molecular formula is C11H11ClN2O2. The van der Waals surface area contributed by atoms with Crippen LogP contribution in [0.25, 0.3) is 0 Å². The fourth-order valence-electron chi connectivity index (χ4n) is 0.976. The van der Waals surface area contributed by atoms with E-state index in [4.69, 9.17) is 21.6 Å². The number of hydrogen-bond donors (Lipinski definition) is 0. The zero-order valence-electron chi connectivity index (χ0n) is 9.24. The Morgan fingerprint density at radius 1 is 1.56 bits per heavy atom. The summed E-state index contributed by atoms with van der Waals surface area (Å²) in [4.78, 5) is 15.4. The van der Waals surface area contributed by atoms with Gasteiger partial charge in [-0.1, -0.05) is 11.6 Å². The van der Waals surface area contributed by atoms with E-state index in [1.54, 1.807) is 20.8 Å². The predicted octanol–water partition coefficient (Wildman–Crippen LogP) is 2.56. The molecular weight excluding hydrogens is 228 g/mol. The van der Waals surface area contributed by atoms with Crippen LogP contribution >= 0.6 is 11.6 Å². The molecule has 0 unspecified atom stereocenters. The lowest BCUT2D eigenvalue weighted by atomic mass is 10.2. The van der Waals surface area contributed by atoms with Crippen LogP contribution in [0.5, 0.6) is 0 Å². The monoisotopic (exact) mass is 238 g/mol. The largest absolute Gasteiger partial charge is 0.455 e. The van der Waals surface area contributed by atoms with Gasteiger partial charge in [-0.2, -0.15) is 5.26 Å². The first-order valence-corrected chi connectivity index (χ1v) is 5.00. The highest BCUT2D eigenvalue weighted by Gasteiger charge is 2.21. The van der Waals surface area contributed by atoms with Gasteiger partial charge in [-0.15, -0.1) is 0 Å². The zero-order chi connectivity index (χ0) is 12.3. The Balaban J connectivity index is 2.98. The van der Waals surface area contributed by atoms with E-state index in [9.17, 15) is 4.79 Å². The zero-order valence-corrected chi connectivity index (χ0v) is 10.00. The summed E-state index contributed by atoms with van der Waals surface area (Å²) in [5, 5.41) is 8.73. The first kappa shape index (κ1) is 12.5. The van der Waals surface area contributed by atoms with Crippen molar-refractivity contribution in [3.8, 4) is 6.07 Å². The first-order valence-electron chi connectivity index (χ1n) is 4.62. The molecule has 0 atom stereocenters. The maximum atomic E-state index is 11.6. The minimum atomic E-state index is -0.601. The molecule has 0 aromatic carbocycles. The van der Waals surface area contributed by atoms with Crippen molar-refractivity contribution in [3.63, 3.8) is 0 Å². The van der Waals surface area contributed by atoms with Crippen LogP contribution in [0.3, 0.4) is 0 Å². The summed E-state index contributed by atoms with van der Waals surface area (Å²) >= 11 is 5.82. The van der Waals surface area contributed by atoms with Crippen LogP contribution in [0.2, 0.25) is 5.02 Å². The normalized spacial score (nSPS) is 10.7. The Morgan fingerprint density at radius 3 is 2.62 bits per heavy atom. The van der Waals surface area contributed by atoms with Crippen LogP contribution < -0.4 is 0 Å². The number of esters is 1. The molecule has 16 heavy (non-hydrogen) atoms. The van der Waals surface area contributed by atoms with Crippen LogP contribution in [0.15, 0.2) is 12.3 Å². The molecule has 0 fully saturated rings. The fraction of sp³-hybridized carbons (Fsp3) is 0.364. The van der Waals surface area contributed by atoms with Crippen LogP contribution in [0, 0.1) is 11.3 Å². The lowest BCUT2D eigenvalue weighted by molar-refractivity contribution is 0.00631. The van der Waals surface area contributed by atoms with Crippen LogP contribution in [0.1, 0.15) is 36.8 Å². The highest BCUT2D eigenvalue weighted by atomic mass is 35.5. The van der Waals surface area contributed by atoms with Crippen molar-refractivity contribution in [2.45, 2.75) is 26.4 Å². The summed E-state index contributed by atoms with van der Waals surface area (Å²) in [6, 6.07) is 3.27. The third kappa shape index (κ3) is 3.21. The van der Waals surface area contributed by atoms with Crippen LogP contribution in [-0.4, -0.2) is 16.6 Å². The number of carbonyl (C=O) groups is 1. The lowest BCUT2D eigenvalue weighted by Crippen LogP contribution is -2.24. The molecule has 5 heteroatoms. The number of aromatic nitrogens is 1. The van der Waals surface area contributed by atoms with Gasteiger partial charge in [0.15, 0.2) is 5.69 Å². The van der Waals surface area contributed by atoms with E-state index in [-0.39, 0.29) is 10.7 Å². The molecule has 0 radical (unpaired) electrons. The van der Waals surface area contributed by atoms with Gasteiger partial charge in [0.05, 0.1) is 10.6 Å². The Kier molecular flexibility index (Phi) is 3.51. The number of rotatable bonds is 1. The Labute approximate surface area is 98.8 Å². The molecule has 4 nitrogen and oxygen atoms in total. The summed E-state index contributed by atoms with van der Waals surface area (Å²) in [6.07, 6.45) is 1.28. The first-order chi connectivity index (χ1) is 7.33. The van der Waals surface area contributed by atoms with E-state index in [1.165, 1.54) is 12.3 Å². The molecule has 0 saturated carbocycles. The minimum absolute atomic E-state index is 0.0237. The summed E-state index contributed by atoms with van der Waals surface area (Å²) in [6.45, 7) is 5.26. The van der Waals surface area contributed by atoms with Gasteiger partial charge in [-0.25, -0.2) is 9.78 Å². The SMILES string of the molecule is CC(C)(C)OC(=O)c1ncc(C#N)cc1Cl. The molecule has 1 heterocycles. The Bertz CT molecular complexity index is 458. The van der Waals surface area contributed by atoms with Crippen molar-refractivity contribution < 1.29 is 9.53 Å². The number of ether oxygens (including phenoxy) is 1. The van der Waals surface area contributed by atoms with E-state index < -0.39 is 11.6 Å². The lowest BCUT2D eigenvalue weighted by Gasteiger charge is -2.19. The van der Waals surface area contributed by atoms with Gasteiger partial charge in [0, 0.05) is 6.20 Å². The molecule has 1 rings (SSSR count). The van der Waals surface area contributed by atoms with Crippen molar-refractivity contribution in [3.05, 3.63) is 28.5 Å². The van der Waals surface area contributed by atoms with Crippen molar-refractivity contribution in [1.29, 1.82) is 5.26 Å². The number of nitrogens with zero attached hydrogens (tertiary/aromatic N) is 2. The molecule has 0 amide bonds. The summed E-state index contributed by atoms with van der Waals surface area (Å²) in [5.41, 5.74) is -0.274. The molecule has 1 aromatic heterocycles. The smallest absolute Gasteiger partial charge is 0.359 e. The molecule has 0 bridgehead atoms. The van der Waals surface area contributed by atoms with Crippen LogP contribution in [-0.2, 0) is 4.74 Å². The van der Waals surface area contributed by atoms with Crippen molar-refractivity contribution in [2.24, 2.45) is 0 Å². The molecule has 0 aliphatic heterocycles. The van der Waals surface area contributed by atoms with E-state index in [0.717, 1.165) is 0 Å². The number of halogens is 1. The van der Waals surface area contributed by atoms with Crippen LogP contribution in [0.4, 0.5) is 0 Å². The molecule has 0 saturated heterocycles. The topological polar surface area (TPSA) is 63.0 Å². The van der Waals surface area contributed by atoms with Gasteiger partial charge in [0.25, 0.3) is 0 Å². The molecule has 0 aliphatic carbocycles. The predicted molar refractivity (Wildman–Crippen MR) is 59.1 cm³/mol. The van der Waals surface area contributed by atoms with Gasteiger partial charge in [-0.3, -0.25) is 0 Å². The van der Waals surface area contributed by atoms with Gasteiger partial charge in [0.2, 0.25) is 0 Å². The average molecular weight is 239 g/mol. The maximum absolute atomic E-state index is 11.6. The van der Waals surface area contributed by atoms with Gasteiger partial charge < -0.3 is 4.74 Å². The highest BCUT2D eigenvalue weighted by molar-refractivity contribution is 6.33. The van der Waals surface area contributed by atoms with Gasteiger partial charge in [0.1, 0.15) is 11.7 Å². The van der Waals surface area contributed by atoms with Gasteiger partial charge >= 0.3 is 5.97 Å². The average Bonchev–Trinajstić information content (AvgIpc) is 2.14. The fourth-order valence-corrected chi connectivity index (χ4v) is 1.22. The second-order valence-electron chi connectivity index (χ2n) is 4.17. The van der Waals surface area contributed by atoms with E-state index in [0.29, 0.717) is 5.56 Å². The van der Waals surface area contributed by atoms with E-state index in [2.05, 4.69) is 4.98 Å². The second kappa shape index (κ2) is 4.50. The molecule has 1 aromatic rings. The third-order valence-corrected chi connectivity index (χ3v) is 1.85. The molecule has 0 spiro atoms. The number of nitriles is 1. The molecule has 0 aliphatic rings. The number of carbonyl (C=O) groups excluding carboxylic acids is 1. The highest BCUT2D eigenvalue weighted by Crippen LogP contribution is 2.18. The second-order valence-corrected chi connectivity index (χ2v) is 4.58. The van der Waals surface area contributed by atoms with E-state index >= 15 is 0 Å². The quantitative estimate of drug-likeness (QED) is 0.706. The summed E-state index contributed by atoms with van der Waals surface area (Å²) in [5.74, 6) is -0.595. The molecule has 84 valence electrons. The maximum Gasteiger partial charge on any atom is 0.359 e. The Morgan fingerprint density at radius 2 is 2.19 bits per heavy atom. The van der Waals surface area contributed by atoms with Crippen molar-refractivity contribution in [1.82, 2.24) is 4.98 Å². The van der Waals surface area contributed by atoms with E-state index in [1.807, 2.05) is 6.07 Å². The molecule has 0 N–H and O–H groups in total. The van der Waals surface area contributed by atoms with Gasteiger partial charge in [-0.05, 0) is 26.8 Å². The van der Waals surface area contributed by atoms with Crippen molar-refractivity contribution >= 4 is 17.6 Å².